The standard InChI is InChI=1S/3C13H12N2.Ru/c3*1-3-11-5-7-15-13(9-11)12-8-10(2)4-6-14-12;/h3*3-9H,1H2,2H3;/q;;;+2. The van der Waals surface area contributed by atoms with E-state index in [4.69, 9.17) is 0 Å². The van der Waals surface area contributed by atoms with Crippen LogP contribution in [0.1, 0.15) is 33.4 Å². The van der Waals surface area contributed by atoms with Crippen LogP contribution in [0.15, 0.2) is 130 Å². The summed E-state index contributed by atoms with van der Waals surface area (Å²) in [7, 11) is 0. The van der Waals surface area contributed by atoms with E-state index < -0.39 is 0 Å². The number of hydrogen-bond donors (Lipinski definition) is 0. The molecule has 6 aromatic rings. The quantitative estimate of drug-likeness (QED) is 0.162. The van der Waals surface area contributed by atoms with E-state index in [9.17, 15) is 0 Å². The van der Waals surface area contributed by atoms with Crippen LogP contribution in [0.4, 0.5) is 0 Å². The molecule has 0 aliphatic heterocycles. The van der Waals surface area contributed by atoms with Crippen LogP contribution in [0.5, 0.6) is 0 Å². The number of rotatable bonds is 6. The van der Waals surface area contributed by atoms with E-state index in [0.717, 1.165) is 50.9 Å². The fourth-order valence-corrected chi connectivity index (χ4v) is 4.17. The van der Waals surface area contributed by atoms with Gasteiger partial charge in [-0.2, -0.15) is 0 Å². The van der Waals surface area contributed by atoms with Gasteiger partial charge in [-0.3, -0.25) is 29.9 Å². The van der Waals surface area contributed by atoms with Crippen molar-refractivity contribution in [3.63, 3.8) is 0 Å². The SMILES string of the molecule is C=Cc1ccnc(-c2cc(C)ccn2)c1.C=Cc1ccnc(-c2cc(C)ccn2)c1.C=Cc1ccnc(-c2cc(C)ccn2)c1.[Ru+2]. The molecule has 0 bridgehead atoms. The molecule has 0 spiro atoms. The second-order valence-corrected chi connectivity index (χ2v) is 10.2. The zero-order valence-corrected chi connectivity index (χ0v) is 28.0. The molecule has 0 saturated carbocycles. The maximum atomic E-state index is 4.29. The van der Waals surface area contributed by atoms with Gasteiger partial charge in [0.15, 0.2) is 0 Å². The molecule has 6 nitrogen and oxygen atoms in total. The molecule has 0 unspecified atom stereocenters. The van der Waals surface area contributed by atoms with Crippen molar-refractivity contribution in [1.29, 1.82) is 0 Å². The minimum Gasteiger partial charge on any atom is -0.255 e. The molecule has 0 N–H and O–H groups in total. The van der Waals surface area contributed by atoms with Gasteiger partial charge in [-0.15, -0.1) is 0 Å². The molecule has 0 amide bonds. The van der Waals surface area contributed by atoms with Gasteiger partial charge in [0.05, 0.1) is 34.2 Å². The van der Waals surface area contributed by atoms with Gasteiger partial charge in [0.1, 0.15) is 0 Å². The Kier molecular flexibility index (Phi) is 13.7. The zero-order valence-electron chi connectivity index (χ0n) is 26.3. The van der Waals surface area contributed by atoms with E-state index >= 15 is 0 Å². The Hall–Kier alpha value is -5.26. The average molecular weight is 690 g/mol. The Morgan fingerprint density at radius 1 is 0.370 bits per heavy atom. The van der Waals surface area contributed by atoms with Crippen LogP contribution in [-0.4, -0.2) is 29.9 Å². The Balaban J connectivity index is 0.000000186. The Morgan fingerprint density at radius 3 is 0.804 bits per heavy atom. The number of pyridine rings is 6. The molecule has 0 aliphatic rings. The first-order valence-corrected chi connectivity index (χ1v) is 14.4. The van der Waals surface area contributed by atoms with Crippen LogP contribution in [0.2, 0.25) is 0 Å². The minimum absolute atomic E-state index is 0. The van der Waals surface area contributed by atoms with E-state index in [1.165, 1.54) is 16.7 Å². The summed E-state index contributed by atoms with van der Waals surface area (Å²) in [5.41, 5.74) is 12.1. The summed E-state index contributed by atoms with van der Waals surface area (Å²) in [6.07, 6.45) is 16.1. The fraction of sp³-hybridized carbons (Fsp3) is 0.0769. The van der Waals surface area contributed by atoms with Gasteiger partial charge in [-0.1, -0.05) is 38.0 Å². The third kappa shape index (κ3) is 10.4. The van der Waals surface area contributed by atoms with Gasteiger partial charge in [0.25, 0.3) is 0 Å². The maximum absolute atomic E-state index is 4.29. The minimum atomic E-state index is 0. The smallest absolute Gasteiger partial charge is 0.255 e. The van der Waals surface area contributed by atoms with Crippen LogP contribution in [0.25, 0.3) is 52.4 Å². The van der Waals surface area contributed by atoms with Gasteiger partial charge in [0, 0.05) is 37.2 Å². The first-order chi connectivity index (χ1) is 21.9. The molecule has 228 valence electrons. The monoisotopic (exact) mass is 690 g/mol. The van der Waals surface area contributed by atoms with Crippen molar-refractivity contribution in [2.45, 2.75) is 20.8 Å². The van der Waals surface area contributed by atoms with Crippen molar-refractivity contribution < 1.29 is 19.5 Å². The van der Waals surface area contributed by atoms with Crippen LogP contribution in [0, 0.1) is 20.8 Å². The largest absolute Gasteiger partial charge is 2.00 e. The third-order valence-electron chi connectivity index (χ3n) is 6.59. The summed E-state index contributed by atoms with van der Waals surface area (Å²) in [6.45, 7) is 17.3. The second-order valence-electron chi connectivity index (χ2n) is 10.2. The molecule has 6 rings (SSSR count). The predicted octanol–water partition coefficient (Wildman–Crippen LogP) is 9.28. The molecule has 7 heteroatoms. The van der Waals surface area contributed by atoms with Crippen LogP contribution in [-0.2, 0) is 19.5 Å². The summed E-state index contributed by atoms with van der Waals surface area (Å²) in [5, 5.41) is 0. The molecule has 0 aliphatic carbocycles. The molecule has 0 radical (unpaired) electrons. The van der Waals surface area contributed by atoms with Crippen molar-refractivity contribution in [2.24, 2.45) is 0 Å². The normalized spacial score (nSPS) is 9.72. The second kappa shape index (κ2) is 17.9. The Bertz CT molecular complexity index is 1700. The maximum Gasteiger partial charge on any atom is 2.00 e. The van der Waals surface area contributed by atoms with Gasteiger partial charge >= 0.3 is 19.5 Å². The van der Waals surface area contributed by atoms with Crippen LogP contribution in [0.3, 0.4) is 0 Å². The van der Waals surface area contributed by atoms with Gasteiger partial charge in [0.2, 0.25) is 0 Å². The van der Waals surface area contributed by atoms with Gasteiger partial charge in [-0.25, -0.2) is 0 Å². The van der Waals surface area contributed by atoms with Crippen molar-refractivity contribution >= 4 is 18.2 Å². The number of aromatic nitrogens is 6. The first-order valence-electron chi connectivity index (χ1n) is 14.4. The predicted molar refractivity (Wildman–Crippen MR) is 187 cm³/mol. The summed E-state index contributed by atoms with van der Waals surface area (Å²) in [6, 6.07) is 23.7. The van der Waals surface area contributed by atoms with E-state index in [1.807, 2.05) is 93.6 Å². The summed E-state index contributed by atoms with van der Waals surface area (Å²) < 4.78 is 0. The summed E-state index contributed by atoms with van der Waals surface area (Å²) in [5.74, 6) is 0. The molecular formula is C39H36N6Ru+2. The fourth-order valence-electron chi connectivity index (χ4n) is 4.17. The number of aryl methyl sites for hydroxylation is 3. The van der Waals surface area contributed by atoms with E-state index in [-0.39, 0.29) is 19.5 Å². The van der Waals surface area contributed by atoms with E-state index in [2.05, 4.69) is 49.6 Å². The molecular weight excluding hydrogens is 654 g/mol. The molecule has 0 aromatic carbocycles. The molecule has 46 heavy (non-hydrogen) atoms. The average Bonchev–Trinajstić information content (AvgIpc) is 3.09. The molecule has 0 atom stereocenters. The van der Waals surface area contributed by atoms with Crippen molar-refractivity contribution in [2.75, 3.05) is 0 Å². The number of hydrogen-bond acceptors (Lipinski definition) is 6. The number of nitrogens with zero attached hydrogens (tertiary/aromatic N) is 6. The van der Waals surface area contributed by atoms with Crippen molar-refractivity contribution in [3.05, 3.63) is 163 Å². The van der Waals surface area contributed by atoms with Gasteiger partial charge in [-0.05, 0) is 127 Å². The summed E-state index contributed by atoms with van der Waals surface area (Å²) >= 11 is 0. The van der Waals surface area contributed by atoms with Crippen LogP contribution >= 0.6 is 0 Å². The third-order valence-corrected chi connectivity index (χ3v) is 6.59. The first kappa shape index (κ1) is 35.2. The van der Waals surface area contributed by atoms with Gasteiger partial charge < -0.3 is 0 Å². The topological polar surface area (TPSA) is 77.3 Å². The molecule has 0 saturated heterocycles. The van der Waals surface area contributed by atoms with Crippen LogP contribution < -0.4 is 0 Å². The van der Waals surface area contributed by atoms with E-state index in [1.54, 1.807) is 55.4 Å². The van der Waals surface area contributed by atoms with Crippen molar-refractivity contribution in [1.82, 2.24) is 29.9 Å². The van der Waals surface area contributed by atoms with Crippen molar-refractivity contribution in [3.8, 4) is 34.2 Å². The molecule has 6 heterocycles. The Labute approximate surface area is 284 Å². The Morgan fingerprint density at radius 2 is 0.587 bits per heavy atom. The summed E-state index contributed by atoms with van der Waals surface area (Å²) in [4.78, 5) is 25.7. The molecule has 6 aromatic heterocycles. The molecule has 0 fully saturated rings. The van der Waals surface area contributed by atoms with E-state index in [0.29, 0.717) is 0 Å². The zero-order chi connectivity index (χ0) is 32.0.